The fraction of sp³-hybridized carbons (Fsp3) is 0.300. The first-order valence-corrected chi connectivity index (χ1v) is 8.40. The lowest BCUT2D eigenvalue weighted by molar-refractivity contribution is -0.384. The van der Waals surface area contributed by atoms with Gasteiger partial charge in [0.2, 0.25) is 0 Å². The topological polar surface area (TPSA) is 92.8 Å². The molecule has 6 nitrogen and oxygen atoms in total. The number of aromatic hydroxyl groups is 1. The van der Waals surface area contributed by atoms with Crippen molar-refractivity contribution in [2.75, 3.05) is 7.05 Å². The van der Waals surface area contributed by atoms with Crippen LogP contribution in [0.1, 0.15) is 50.5 Å². The first kappa shape index (κ1) is 25.2. The molecule has 2 aromatic rings. The number of Topliss-reactive ketones (excluding diaryl/α,β-unsaturated/α-hetero) is 1. The number of carbonyl (C=O) groups is 1. The zero-order chi connectivity index (χ0) is 20.5. The van der Waals surface area contributed by atoms with Crippen LogP contribution in [-0.4, -0.2) is 29.1 Å². The number of nitro groups is 1. The molecule has 0 aromatic heterocycles. The number of phenolic OH excluding ortho intramolecular Hbond substituents is 1. The average molecular weight is 360 g/mol. The zero-order valence-electron chi connectivity index (χ0n) is 16.3. The van der Waals surface area contributed by atoms with Crippen molar-refractivity contribution in [3.05, 3.63) is 69.8 Å². The molecule has 0 aliphatic carbocycles. The van der Waals surface area contributed by atoms with E-state index in [2.05, 4.69) is 4.99 Å². The van der Waals surface area contributed by atoms with Gasteiger partial charge in [-0.2, -0.15) is 0 Å². The molecule has 0 heterocycles. The molecule has 0 spiro atoms. The van der Waals surface area contributed by atoms with Crippen LogP contribution in [0.15, 0.2) is 53.5 Å². The summed E-state index contributed by atoms with van der Waals surface area (Å²) in [5.41, 5.74) is 1.59. The molecule has 2 aromatic carbocycles. The lowest BCUT2D eigenvalue weighted by Gasteiger charge is -1.93. The van der Waals surface area contributed by atoms with Gasteiger partial charge in [0, 0.05) is 31.0 Å². The highest BCUT2D eigenvalue weighted by molar-refractivity contribution is 5.94. The molecule has 0 aliphatic heterocycles. The summed E-state index contributed by atoms with van der Waals surface area (Å²) in [5.74, 6) is 0.199. The summed E-state index contributed by atoms with van der Waals surface area (Å²) in [6, 6.07) is 12.4. The largest absolute Gasteiger partial charge is 0.508 e. The van der Waals surface area contributed by atoms with Crippen LogP contribution in [0.4, 0.5) is 5.69 Å². The molecule has 0 radical (unpaired) electrons. The van der Waals surface area contributed by atoms with Gasteiger partial charge < -0.3 is 5.11 Å². The number of phenols is 1. The second kappa shape index (κ2) is 15.5. The zero-order valence-corrected chi connectivity index (χ0v) is 16.3. The van der Waals surface area contributed by atoms with Gasteiger partial charge in [0.1, 0.15) is 5.75 Å². The number of hydrogen-bond donors (Lipinski definition) is 1. The van der Waals surface area contributed by atoms with Gasteiger partial charge in [-0.25, -0.2) is 0 Å². The van der Waals surface area contributed by atoms with Crippen LogP contribution in [0.25, 0.3) is 0 Å². The summed E-state index contributed by atoms with van der Waals surface area (Å²) in [6.45, 7) is 9.49. The highest BCUT2D eigenvalue weighted by Gasteiger charge is 2.01. The van der Waals surface area contributed by atoms with Crippen LogP contribution in [-0.2, 0) is 0 Å². The van der Waals surface area contributed by atoms with Gasteiger partial charge in [0.25, 0.3) is 5.69 Å². The highest BCUT2D eigenvalue weighted by atomic mass is 16.6. The SMILES string of the molecule is CC.CC.CC(=O)c1ccc(O)cc1.CN=Cc1ccc([N+](=O)[O-])cc1. The molecule has 0 bridgehead atoms. The standard InChI is InChI=1S/C8H8N2O2.C8H8O2.2C2H6/c1-9-6-7-2-4-8(5-3-7)10(11)12;1-6(9)7-2-4-8(10)5-3-7;2*1-2/h2-6H,1H3;2-5,10H,1H3;2*1-2H3. The van der Waals surface area contributed by atoms with Crippen LogP contribution >= 0.6 is 0 Å². The first-order chi connectivity index (χ1) is 12.4. The molecule has 0 unspecified atom stereocenters. The van der Waals surface area contributed by atoms with E-state index in [1.165, 1.54) is 31.2 Å². The molecule has 0 atom stereocenters. The third-order valence-electron chi connectivity index (χ3n) is 2.66. The summed E-state index contributed by atoms with van der Waals surface area (Å²) < 4.78 is 0. The normalized spacial score (nSPS) is 8.85. The average Bonchev–Trinajstić information content (AvgIpc) is 2.66. The number of ketones is 1. The summed E-state index contributed by atoms with van der Waals surface area (Å²) in [4.78, 5) is 24.3. The van der Waals surface area contributed by atoms with E-state index in [1.807, 2.05) is 27.7 Å². The predicted octanol–water partition coefficient (Wildman–Crippen LogP) is 5.29. The number of aliphatic imine (C=N–C) groups is 1. The van der Waals surface area contributed by atoms with Crippen molar-refractivity contribution in [2.45, 2.75) is 34.6 Å². The van der Waals surface area contributed by atoms with E-state index in [9.17, 15) is 14.9 Å². The van der Waals surface area contributed by atoms with E-state index < -0.39 is 4.92 Å². The fourth-order valence-electron chi connectivity index (χ4n) is 1.53. The van der Waals surface area contributed by atoms with Crippen LogP contribution < -0.4 is 0 Å². The van der Waals surface area contributed by atoms with E-state index >= 15 is 0 Å². The van der Waals surface area contributed by atoms with Crippen molar-refractivity contribution in [1.29, 1.82) is 0 Å². The maximum atomic E-state index is 10.7. The number of non-ortho nitro benzene ring substituents is 1. The van der Waals surface area contributed by atoms with Crippen LogP contribution in [0, 0.1) is 10.1 Å². The monoisotopic (exact) mass is 360 g/mol. The van der Waals surface area contributed by atoms with E-state index in [0.29, 0.717) is 5.56 Å². The molecule has 142 valence electrons. The first-order valence-electron chi connectivity index (χ1n) is 8.40. The van der Waals surface area contributed by atoms with Crippen molar-refractivity contribution in [3.63, 3.8) is 0 Å². The number of nitro benzene ring substituents is 1. The molecule has 26 heavy (non-hydrogen) atoms. The quantitative estimate of drug-likeness (QED) is 0.348. The minimum Gasteiger partial charge on any atom is -0.508 e. The van der Waals surface area contributed by atoms with Crippen molar-refractivity contribution < 1.29 is 14.8 Å². The van der Waals surface area contributed by atoms with Gasteiger partial charge in [-0.15, -0.1) is 0 Å². The lowest BCUT2D eigenvalue weighted by Crippen LogP contribution is -1.89. The Balaban J connectivity index is 0. The van der Waals surface area contributed by atoms with Crippen molar-refractivity contribution in [2.24, 2.45) is 4.99 Å². The molecule has 1 N–H and O–H groups in total. The lowest BCUT2D eigenvalue weighted by atomic mass is 10.1. The van der Waals surface area contributed by atoms with Crippen molar-refractivity contribution in [3.8, 4) is 5.75 Å². The highest BCUT2D eigenvalue weighted by Crippen LogP contribution is 2.10. The molecule has 0 saturated heterocycles. The van der Waals surface area contributed by atoms with Gasteiger partial charge in [-0.05, 0) is 48.9 Å². The number of hydrogen-bond acceptors (Lipinski definition) is 5. The van der Waals surface area contributed by atoms with Gasteiger partial charge in [0.05, 0.1) is 4.92 Å². The Hall–Kier alpha value is -3.02. The van der Waals surface area contributed by atoms with E-state index in [1.54, 1.807) is 37.5 Å². The minimum absolute atomic E-state index is 0.0139. The Morgan fingerprint density at radius 1 is 1.00 bits per heavy atom. The van der Waals surface area contributed by atoms with E-state index in [0.717, 1.165) is 5.56 Å². The third-order valence-corrected chi connectivity index (χ3v) is 2.66. The Kier molecular flexibility index (Phi) is 15.0. The third kappa shape index (κ3) is 10.7. The molecule has 0 amide bonds. The Morgan fingerprint density at radius 3 is 1.81 bits per heavy atom. The summed E-state index contributed by atoms with van der Waals surface area (Å²) >= 11 is 0. The Morgan fingerprint density at radius 2 is 1.46 bits per heavy atom. The number of rotatable bonds is 3. The second-order valence-electron chi connectivity index (χ2n) is 4.34. The minimum atomic E-state index is -0.424. The smallest absolute Gasteiger partial charge is 0.269 e. The van der Waals surface area contributed by atoms with E-state index in [-0.39, 0.29) is 17.2 Å². The molecule has 0 aliphatic rings. The van der Waals surface area contributed by atoms with Gasteiger partial charge >= 0.3 is 0 Å². The summed E-state index contributed by atoms with van der Waals surface area (Å²) in [7, 11) is 1.65. The van der Waals surface area contributed by atoms with E-state index in [4.69, 9.17) is 5.11 Å². The van der Waals surface area contributed by atoms with Crippen LogP contribution in [0.2, 0.25) is 0 Å². The molecule has 6 heteroatoms. The Labute approximate surface area is 155 Å². The number of nitrogens with zero attached hydrogens (tertiary/aromatic N) is 2. The maximum Gasteiger partial charge on any atom is 0.269 e. The Bertz CT molecular complexity index is 663. The number of carbonyl (C=O) groups excluding carboxylic acids is 1. The molecule has 0 fully saturated rings. The second-order valence-corrected chi connectivity index (χ2v) is 4.34. The number of benzene rings is 2. The molecular weight excluding hydrogens is 332 g/mol. The predicted molar refractivity (Wildman–Crippen MR) is 107 cm³/mol. The molecular formula is C20H28N2O4. The van der Waals surface area contributed by atoms with Crippen molar-refractivity contribution in [1.82, 2.24) is 0 Å². The fourth-order valence-corrected chi connectivity index (χ4v) is 1.53. The maximum absolute atomic E-state index is 10.7. The summed E-state index contributed by atoms with van der Waals surface area (Å²) in [6.07, 6.45) is 1.64. The van der Waals surface area contributed by atoms with Gasteiger partial charge in [0.15, 0.2) is 5.78 Å². The van der Waals surface area contributed by atoms with Crippen LogP contribution in [0.5, 0.6) is 5.75 Å². The molecule has 2 rings (SSSR count). The summed E-state index contributed by atoms with van der Waals surface area (Å²) in [5, 5.41) is 19.1. The molecule has 0 saturated carbocycles. The van der Waals surface area contributed by atoms with Gasteiger partial charge in [-0.3, -0.25) is 19.9 Å². The van der Waals surface area contributed by atoms with Gasteiger partial charge in [-0.1, -0.05) is 27.7 Å². The van der Waals surface area contributed by atoms with Crippen molar-refractivity contribution >= 4 is 17.7 Å². The van der Waals surface area contributed by atoms with Crippen LogP contribution in [0.3, 0.4) is 0 Å².